The van der Waals surface area contributed by atoms with E-state index in [-0.39, 0.29) is 19.3 Å². The Morgan fingerprint density at radius 2 is 0.558 bits per heavy atom. The highest BCUT2D eigenvalue weighted by molar-refractivity contribution is 7.47. The molecule has 0 bridgehead atoms. The minimum absolute atomic E-state index is 0.113. The molecular formula is C77H140O16P2. The number of hydrogen-bond acceptors (Lipinski definition) is 14. The zero-order valence-corrected chi connectivity index (χ0v) is 62.1. The Hall–Kier alpha value is -3.01. The van der Waals surface area contributed by atoms with Crippen LogP contribution in [0.3, 0.4) is 0 Å². The van der Waals surface area contributed by atoms with Crippen molar-refractivity contribution in [3.63, 3.8) is 0 Å². The van der Waals surface area contributed by atoms with Crippen LogP contribution in [0.2, 0.25) is 0 Å². The largest absolute Gasteiger partial charge is 0.472 e. The van der Waals surface area contributed by atoms with Crippen molar-refractivity contribution >= 4 is 33.6 Å². The number of ether oxygens (including phenoxy) is 3. The van der Waals surface area contributed by atoms with Crippen molar-refractivity contribution in [3.8, 4) is 0 Å². The van der Waals surface area contributed by atoms with Crippen LogP contribution in [0.4, 0.5) is 0 Å². The average Bonchev–Trinajstić information content (AvgIpc) is 1.83. The molecule has 5 unspecified atom stereocenters. The van der Waals surface area contributed by atoms with Gasteiger partial charge in [-0.05, 0) is 70.6 Å². The van der Waals surface area contributed by atoms with Crippen LogP contribution < -0.4 is 0 Å². The van der Waals surface area contributed by atoms with Gasteiger partial charge in [0.2, 0.25) is 0 Å². The Morgan fingerprint density at radius 1 is 0.305 bits per heavy atom. The highest BCUT2D eigenvalue weighted by atomic mass is 31.2. The fourth-order valence-corrected chi connectivity index (χ4v) is 12.2. The van der Waals surface area contributed by atoms with Crippen LogP contribution in [0.25, 0.3) is 0 Å². The van der Waals surface area contributed by atoms with Crippen LogP contribution in [-0.2, 0) is 55.8 Å². The summed E-state index contributed by atoms with van der Waals surface area (Å²) in [6, 6.07) is 0. The van der Waals surface area contributed by atoms with Crippen molar-refractivity contribution in [1.82, 2.24) is 0 Å². The first kappa shape index (κ1) is 92.0. The lowest BCUT2D eigenvalue weighted by Gasteiger charge is -2.21. The maximum Gasteiger partial charge on any atom is 0.472 e. The van der Waals surface area contributed by atoms with E-state index in [4.69, 9.17) is 32.3 Å². The smallest absolute Gasteiger partial charge is 0.463 e. The monoisotopic (exact) mass is 1380 g/mol. The second-order valence-electron chi connectivity index (χ2n) is 25.8. The number of allylic oxidation sites excluding steroid dienone is 12. The maximum absolute atomic E-state index is 12.9. The molecule has 0 fully saturated rings. The normalized spacial score (nSPS) is 14.5. The Balaban J connectivity index is 4.46. The second kappa shape index (κ2) is 70.8. The van der Waals surface area contributed by atoms with E-state index in [1.807, 2.05) is 0 Å². The number of esters is 3. The molecule has 0 aromatic carbocycles. The summed E-state index contributed by atoms with van der Waals surface area (Å²) in [4.78, 5) is 58.5. The van der Waals surface area contributed by atoms with E-state index in [2.05, 4.69) is 93.7 Å². The highest BCUT2D eigenvalue weighted by Gasteiger charge is 2.29. The lowest BCUT2D eigenvalue weighted by Crippen LogP contribution is -2.30. The first-order valence-corrected chi connectivity index (χ1v) is 41.2. The fourth-order valence-electron chi connectivity index (χ4n) is 10.6. The fraction of sp³-hybridized carbons (Fsp3) is 0.805. The first-order valence-electron chi connectivity index (χ1n) is 38.2. The Labute approximate surface area is 579 Å². The molecule has 0 aromatic heterocycles. The summed E-state index contributed by atoms with van der Waals surface area (Å²) in [5.74, 6) is -1.55. The van der Waals surface area contributed by atoms with Crippen LogP contribution >= 0.6 is 15.6 Å². The molecule has 0 aliphatic heterocycles. The summed E-state index contributed by atoms with van der Waals surface area (Å²) in [7, 11) is -9.77. The predicted octanol–water partition coefficient (Wildman–Crippen LogP) is 21.9. The molecule has 554 valence electrons. The van der Waals surface area contributed by atoms with Crippen molar-refractivity contribution in [1.29, 1.82) is 0 Å². The number of hydrogen-bond donors (Lipinski definition) is 4. The Kier molecular flexibility index (Phi) is 68.6. The van der Waals surface area contributed by atoms with Crippen LogP contribution in [0.5, 0.6) is 0 Å². The minimum atomic E-state index is -4.92. The number of phosphoric acid groups is 2. The minimum Gasteiger partial charge on any atom is -0.463 e. The number of carbonyl (C=O) groups is 3. The topological polar surface area (TPSA) is 231 Å². The van der Waals surface area contributed by atoms with Gasteiger partial charge in [0.15, 0.2) is 6.10 Å². The molecule has 0 aliphatic carbocycles. The number of unbranched alkanes of at least 4 members (excludes halogenated alkanes) is 38. The zero-order valence-electron chi connectivity index (χ0n) is 60.3. The molecular weight excluding hydrogens is 1240 g/mol. The van der Waals surface area contributed by atoms with E-state index in [1.54, 1.807) is 0 Å². The van der Waals surface area contributed by atoms with Gasteiger partial charge in [0.25, 0.3) is 0 Å². The number of aliphatic hydroxyl groups excluding tert-OH is 2. The zero-order chi connectivity index (χ0) is 69.5. The SMILES string of the molecule is CC/C=C\C/C=C\C/C=C\C/C=C\C/C=C\C/C=C\CCCCCCCCCCCCC(=O)OCC(O)COP(=O)(O)OCC(O)COP(=O)(O)OCC(COC(=O)CCCCCCCCCCCCCCCCC)OC(=O)CCCCCCCCCCCCCCCCC. The number of phosphoric ester groups is 2. The molecule has 16 nitrogen and oxygen atoms in total. The van der Waals surface area contributed by atoms with Crippen LogP contribution in [-0.4, -0.2) is 95.9 Å². The van der Waals surface area contributed by atoms with Gasteiger partial charge >= 0.3 is 33.6 Å². The van der Waals surface area contributed by atoms with E-state index in [0.29, 0.717) is 19.3 Å². The molecule has 0 spiro atoms. The molecule has 0 heterocycles. The molecule has 0 saturated heterocycles. The number of rotatable bonds is 73. The van der Waals surface area contributed by atoms with Gasteiger partial charge in [-0.3, -0.25) is 32.5 Å². The summed E-state index contributed by atoms with van der Waals surface area (Å²) in [6.07, 6.45) is 76.6. The molecule has 18 heteroatoms. The Bertz CT molecular complexity index is 2020. The quantitative estimate of drug-likeness (QED) is 0.0146. The van der Waals surface area contributed by atoms with E-state index < -0.39 is 91.5 Å². The second-order valence-corrected chi connectivity index (χ2v) is 28.7. The standard InChI is InChI=1S/C77H140O16P2/c1-4-7-10-13-16-19-22-25-28-29-30-31-32-33-34-35-36-37-38-39-40-41-44-46-48-51-54-57-60-63-75(80)87-66-72(78)67-89-94(83,84)90-68-73(79)69-91-95(85,86)92-71-74(93-77(82)65-62-59-56-53-50-47-43-27-24-21-18-15-12-9-6-3)70-88-76(81)64-61-58-55-52-49-45-42-26-23-20-17-14-11-8-5-2/h7,10,16,19,25,28,30-31,33-34,36-37,72-74,78-79H,4-6,8-9,11-15,17-18,20-24,26-27,29,32,35,38-71H2,1-3H3,(H,83,84)(H,85,86)/b10-7-,19-16-,28-25-,31-30-,34-33-,37-36-. The molecule has 95 heavy (non-hydrogen) atoms. The molecule has 0 radical (unpaired) electrons. The Morgan fingerprint density at radius 3 is 0.884 bits per heavy atom. The van der Waals surface area contributed by atoms with Gasteiger partial charge in [-0.15, -0.1) is 0 Å². The molecule has 0 aliphatic rings. The molecule has 4 N–H and O–H groups in total. The van der Waals surface area contributed by atoms with Gasteiger partial charge in [0.1, 0.15) is 25.4 Å². The van der Waals surface area contributed by atoms with Gasteiger partial charge in [-0.25, -0.2) is 9.13 Å². The maximum atomic E-state index is 12.9. The lowest BCUT2D eigenvalue weighted by atomic mass is 10.0. The first-order chi connectivity index (χ1) is 46.2. The molecule has 5 atom stereocenters. The van der Waals surface area contributed by atoms with E-state index in [0.717, 1.165) is 116 Å². The third kappa shape index (κ3) is 72.1. The van der Waals surface area contributed by atoms with Gasteiger partial charge in [0.05, 0.1) is 26.4 Å². The average molecular weight is 1380 g/mol. The van der Waals surface area contributed by atoms with Crippen molar-refractivity contribution in [2.24, 2.45) is 0 Å². The van der Waals surface area contributed by atoms with Gasteiger partial charge in [-0.1, -0.05) is 325 Å². The van der Waals surface area contributed by atoms with Crippen LogP contribution in [0.15, 0.2) is 72.9 Å². The summed E-state index contributed by atoms with van der Waals surface area (Å²) in [5.41, 5.74) is 0. The van der Waals surface area contributed by atoms with Gasteiger partial charge in [0, 0.05) is 19.3 Å². The highest BCUT2D eigenvalue weighted by Crippen LogP contribution is 2.45. The predicted molar refractivity (Wildman–Crippen MR) is 390 cm³/mol. The van der Waals surface area contributed by atoms with E-state index in [1.165, 1.54) is 167 Å². The third-order valence-electron chi connectivity index (χ3n) is 16.4. The molecule has 0 aromatic rings. The van der Waals surface area contributed by atoms with Crippen molar-refractivity contribution < 1.29 is 75.8 Å². The summed E-state index contributed by atoms with van der Waals surface area (Å²) >= 11 is 0. The number of carbonyl (C=O) groups excluding carboxylic acids is 3. The molecule has 0 saturated carbocycles. The van der Waals surface area contributed by atoms with Crippen molar-refractivity contribution in [3.05, 3.63) is 72.9 Å². The van der Waals surface area contributed by atoms with Gasteiger partial charge in [-0.2, -0.15) is 0 Å². The molecule has 0 amide bonds. The van der Waals surface area contributed by atoms with Crippen molar-refractivity contribution in [2.45, 2.75) is 360 Å². The lowest BCUT2D eigenvalue weighted by molar-refractivity contribution is -0.161. The van der Waals surface area contributed by atoms with Gasteiger partial charge < -0.3 is 34.2 Å². The van der Waals surface area contributed by atoms with Crippen LogP contribution in [0.1, 0.15) is 342 Å². The van der Waals surface area contributed by atoms with E-state index in [9.17, 15) is 43.5 Å². The van der Waals surface area contributed by atoms with Crippen LogP contribution in [0, 0.1) is 0 Å². The summed E-state index contributed by atoms with van der Waals surface area (Å²) in [6.45, 7) is 2.62. The third-order valence-corrected chi connectivity index (χ3v) is 18.3. The summed E-state index contributed by atoms with van der Waals surface area (Å²) in [5, 5.41) is 20.6. The van der Waals surface area contributed by atoms with Crippen molar-refractivity contribution in [2.75, 3.05) is 39.6 Å². The summed E-state index contributed by atoms with van der Waals surface area (Å²) < 4.78 is 61.1. The molecule has 0 rings (SSSR count). The van der Waals surface area contributed by atoms with E-state index >= 15 is 0 Å². The number of aliphatic hydroxyl groups is 2.